The summed E-state index contributed by atoms with van der Waals surface area (Å²) in [4.78, 5) is 41.7. The van der Waals surface area contributed by atoms with Crippen molar-refractivity contribution in [2.45, 2.75) is 30.0 Å². The van der Waals surface area contributed by atoms with E-state index in [4.69, 9.17) is 27.8 Å². The summed E-state index contributed by atoms with van der Waals surface area (Å²) >= 11 is 7.47. The highest BCUT2D eigenvalue weighted by Gasteiger charge is 2.50. The maximum absolute atomic E-state index is 14.0. The summed E-state index contributed by atoms with van der Waals surface area (Å²) in [6.45, 7) is 0.513. The molecule has 0 aliphatic carbocycles. The topological polar surface area (TPSA) is 131 Å². The number of primary amides is 1. The Morgan fingerprint density at radius 3 is 2.77 bits per heavy atom. The summed E-state index contributed by atoms with van der Waals surface area (Å²) in [6, 6.07) is 13.9. The first-order valence-corrected chi connectivity index (χ1v) is 12.4. The second-order valence-electron chi connectivity index (χ2n) is 8.72. The van der Waals surface area contributed by atoms with Crippen molar-refractivity contribution in [3.05, 3.63) is 75.8 Å². The molecule has 0 bridgehead atoms. The number of hydrogen-bond acceptors (Lipinski definition) is 7. The van der Waals surface area contributed by atoms with Crippen molar-refractivity contribution in [3.63, 3.8) is 0 Å². The minimum atomic E-state index is -1.01. The number of anilines is 1. The summed E-state index contributed by atoms with van der Waals surface area (Å²) in [5.74, 6) is -0.876. The number of fused-ring (bicyclic) bond motifs is 2. The minimum Gasteiger partial charge on any atom is -0.436 e. The third kappa shape index (κ3) is 4.33. The second-order valence-corrected chi connectivity index (χ2v) is 10.1. The Morgan fingerprint density at radius 2 is 2.03 bits per heavy atom. The number of halogens is 1. The predicted octanol–water partition coefficient (Wildman–Crippen LogP) is 2.56. The van der Waals surface area contributed by atoms with Crippen LogP contribution in [0.2, 0.25) is 5.02 Å². The van der Waals surface area contributed by atoms with Crippen LogP contribution in [-0.4, -0.2) is 52.3 Å². The Kier molecular flexibility index (Phi) is 6.12. The van der Waals surface area contributed by atoms with Gasteiger partial charge in [-0.2, -0.15) is 0 Å². The quantitative estimate of drug-likeness (QED) is 0.560. The van der Waals surface area contributed by atoms with Gasteiger partial charge in [-0.15, -0.1) is 0 Å². The number of amides is 3. The van der Waals surface area contributed by atoms with Crippen LogP contribution < -0.4 is 16.8 Å². The lowest BCUT2D eigenvalue weighted by molar-refractivity contribution is -0.136. The van der Waals surface area contributed by atoms with Crippen LogP contribution in [0.4, 0.5) is 10.5 Å². The van der Waals surface area contributed by atoms with Crippen LogP contribution in [-0.2, 0) is 26.3 Å². The fourth-order valence-electron chi connectivity index (χ4n) is 4.92. The number of nitrogens with zero attached hydrogens (tertiary/aromatic N) is 2. The van der Waals surface area contributed by atoms with Gasteiger partial charge in [0.05, 0.1) is 12.2 Å². The van der Waals surface area contributed by atoms with Crippen LogP contribution in [0.5, 0.6) is 0 Å². The van der Waals surface area contributed by atoms with Crippen molar-refractivity contribution in [1.29, 1.82) is 0 Å². The average molecular weight is 514 g/mol. The molecule has 5 N–H and O–H groups in total. The molecule has 11 heteroatoms. The van der Waals surface area contributed by atoms with E-state index in [9.17, 15) is 14.4 Å². The molecule has 3 atom stereocenters. The zero-order chi connectivity index (χ0) is 24.7. The summed E-state index contributed by atoms with van der Waals surface area (Å²) in [5.41, 5.74) is 12.7. The van der Waals surface area contributed by atoms with Crippen LogP contribution in [0.25, 0.3) is 0 Å². The van der Waals surface area contributed by atoms with Crippen molar-refractivity contribution >= 4 is 47.0 Å². The molecule has 1 saturated heterocycles. The molecule has 0 radical (unpaired) electrons. The van der Waals surface area contributed by atoms with E-state index in [1.807, 2.05) is 30.3 Å². The molecule has 5 rings (SSSR count). The highest BCUT2D eigenvalue weighted by molar-refractivity contribution is 8.02. The lowest BCUT2D eigenvalue weighted by Crippen LogP contribution is -2.54. The number of carbonyl (C=O) groups excluding carboxylic acids is 3. The Labute approximate surface area is 211 Å². The molecular formula is C24H24ClN5O4S. The fourth-order valence-corrected chi connectivity index (χ4v) is 5.99. The predicted molar refractivity (Wildman–Crippen MR) is 133 cm³/mol. The van der Waals surface area contributed by atoms with E-state index in [0.717, 1.165) is 11.1 Å². The Morgan fingerprint density at radius 1 is 1.26 bits per heavy atom. The molecule has 3 heterocycles. The molecule has 0 saturated carbocycles. The van der Waals surface area contributed by atoms with E-state index in [2.05, 4.69) is 5.32 Å². The number of thioether (sulfide) groups is 1. The standard InChI is InChI=1S/C24H24ClN5O4S/c25-15-6-7-17-16(11-15)24(34-23(33)28-17)8-9-29(13-24)21(32)18(10-14-4-2-1-3-5-14)30-19(20(26)31)12-35-22(30)27/h1-7,11-12,18,22H,8-10,13,27H2,(H2,26,31)(H,28,33)/t18-,22?,24?/m0/s1. The number of nitrogens with two attached hydrogens (primary N) is 2. The normalized spacial score (nSPS) is 24.0. The van der Waals surface area contributed by atoms with Gasteiger partial charge >= 0.3 is 6.09 Å². The highest BCUT2D eigenvalue weighted by atomic mass is 35.5. The number of ether oxygens (including phenoxy) is 1. The molecule has 2 unspecified atom stereocenters. The van der Waals surface area contributed by atoms with E-state index >= 15 is 0 Å². The van der Waals surface area contributed by atoms with Crippen LogP contribution in [0, 0.1) is 0 Å². The lowest BCUT2D eigenvalue weighted by Gasteiger charge is -2.37. The van der Waals surface area contributed by atoms with Crippen LogP contribution in [0.15, 0.2) is 59.6 Å². The third-order valence-corrected chi connectivity index (χ3v) is 7.66. The summed E-state index contributed by atoms with van der Waals surface area (Å²) < 4.78 is 5.77. The van der Waals surface area contributed by atoms with Gasteiger partial charge in [-0.1, -0.05) is 53.7 Å². The van der Waals surface area contributed by atoms with E-state index in [0.29, 0.717) is 30.1 Å². The summed E-state index contributed by atoms with van der Waals surface area (Å²) in [5, 5.41) is 4.80. The Bertz CT molecular complexity index is 1230. The lowest BCUT2D eigenvalue weighted by atomic mass is 9.90. The molecule has 1 fully saturated rings. The van der Waals surface area contributed by atoms with E-state index in [1.165, 1.54) is 11.8 Å². The molecule has 182 valence electrons. The van der Waals surface area contributed by atoms with Crippen molar-refractivity contribution in [3.8, 4) is 0 Å². The number of carbonyl (C=O) groups is 3. The van der Waals surface area contributed by atoms with Gasteiger partial charge < -0.3 is 26.0 Å². The molecule has 2 aromatic rings. The molecule has 0 aromatic heterocycles. The fraction of sp³-hybridized carbons (Fsp3) is 0.292. The molecule has 1 spiro atoms. The van der Waals surface area contributed by atoms with Gasteiger partial charge in [0.15, 0.2) is 5.60 Å². The van der Waals surface area contributed by atoms with Crippen LogP contribution in [0.1, 0.15) is 17.5 Å². The van der Waals surface area contributed by atoms with Crippen molar-refractivity contribution < 1.29 is 19.1 Å². The number of benzene rings is 2. The van der Waals surface area contributed by atoms with Gasteiger partial charge in [0.25, 0.3) is 5.91 Å². The second kappa shape index (κ2) is 9.10. The SMILES string of the molecule is NC(=O)C1=CSC(N)N1[C@@H](Cc1ccccc1)C(=O)N1CCC2(C1)OC(=O)Nc1ccc(Cl)cc12. The number of rotatable bonds is 5. The van der Waals surface area contributed by atoms with Crippen LogP contribution >= 0.6 is 23.4 Å². The van der Waals surface area contributed by atoms with Gasteiger partial charge in [-0.05, 0) is 23.8 Å². The first-order chi connectivity index (χ1) is 16.8. The molecule has 3 aliphatic heterocycles. The number of likely N-dealkylation sites (tertiary alicyclic amines) is 1. The highest BCUT2D eigenvalue weighted by Crippen LogP contribution is 2.44. The first kappa shape index (κ1) is 23.5. The van der Waals surface area contributed by atoms with Crippen molar-refractivity contribution in [2.75, 3.05) is 18.4 Å². The third-order valence-electron chi connectivity index (χ3n) is 6.56. The summed E-state index contributed by atoms with van der Waals surface area (Å²) in [7, 11) is 0. The van der Waals surface area contributed by atoms with Crippen molar-refractivity contribution in [1.82, 2.24) is 9.80 Å². The van der Waals surface area contributed by atoms with Crippen molar-refractivity contribution in [2.24, 2.45) is 11.5 Å². The Balaban J connectivity index is 1.47. The largest absolute Gasteiger partial charge is 0.436 e. The average Bonchev–Trinajstić information content (AvgIpc) is 3.43. The zero-order valence-electron chi connectivity index (χ0n) is 18.6. The first-order valence-electron chi connectivity index (χ1n) is 11.1. The minimum absolute atomic E-state index is 0.156. The maximum Gasteiger partial charge on any atom is 0.412 e. The number of hydrogen-bond donors (Lipinski definition) is 3. The molecular weight excluding hydrogens is 490 g/mol. The molecule has 2 aromatic carbocycles. The molecule has 3 amide bonds. The zero-order valence-corrected chi connectivity index (χ0v) is 20.2. The molecule has 35 heavy (non-hydrogen) atoms. The maximum atomic E-state index is 14.0. The van der Waals surface area contributed by atoms with E-state index in [-0.39, 0.29) is 18.1 Å². The van der Waals surface area contributed by atoms with Gasteiger partial charge in [0, 0.05) is 35.4 Å². The van der Waals surface area contributed by atoms with E-state index < -0.39 is 29.1 Å². The van der Waals surface area contributed by atoms with Gasteiger partial charge in [0.2, 0.25) is 5.91 Å². The Hall–Kier alpha value is -3.21. The van der Waals surface area contributed by atoms with Gasteiger partial charge in [0.1, 0.15) is 17.2 Å². The van der Waals surface area contributed by atoms with Crippen LogP contribution in [0.3, 0.4) is 0 Å². The molecule has 3 aliphatic rings. The molecule has 9 nitrogen and oxygen atoms in total. The summed E-state index contributed by atoms with van der Waals surface area (Å²) in [6.07, 6.45) is 0.162. The van der Waals surface area contributed by atoms with Gasteiger partial charge in [-0.25, -0.2) is 4.79 Å². The smallest absolute Gasteiger partial charge is 0.412 e. The van der Waals surface area contributed by atoms with E-state index in [1.54, 1.807) is 33.4 Å². The number of nitrogens with one attached hydrogen (secondary N) is 1. The van der Waals surface area contributed by atoms with Gasteiger partial charge in [-0.3, -0.25) is 14.9 Å². The monoisotopic (exact) mass is 513 g/mol.